The molecule has 2 heterocycles. The van der Waals surface area contributed by atoms with Crippen molar-refractivity contribution in [3.05, 3.63) is 65.9 Å². The number of carbonyl (C=O) groups excluding carboxylic acids is 1. The van der Waals surface area contributed by atoms with Gasteiger partial charge >= 0.3 is 0 Å². The molecule has 7 nitrogen and oxygen atoms in total. The van der Waals surface area contributed by atoms with Gasteiger partial charge in [0.05, 0.1) is 5.69 Å². The molecule has 1 atom stereocenters. The summed E-state index contributed by atoms with van der Waals surface area (Å²) < 4.78 is 0. The summed E-state index contributed by atoms with van der Waals surface area (Å²) in [5.41, 5.74) is 3.32. The Bertz CT molecular complexity index is 941. The van der Waals surface area contributed by atoms with E-state index in [1.54, 1.807) is 30.7 Å². The summed E-state index contributed by atoms with van der Waals surface area (Å²) in [6.07, 6.45) is 7.43. The van der Waals surface area contributed by atoms with E-state index in [9.17, 15) is 4.79 Å². The van der Waals surface area contributed by atoms with Crippen LogP contribution in [0, 0.1) is 6.92 Å². The van der Waals surface area contributed by atoms with Gasteiger partial charge in [-0.25, -0.2) is 9.97 Å². The molecule has 0 aliphatic rings. The standard InChI is InChI=1S/C21H24N6O/c1-14-12-24-19(26-20(14)27(3)4)16-5-7-17(8-6-16)21(28)25-15(2)11-18-13-22-9-10-23-18/h5-10,12-13,15H,11H2,1-4H3,(H,25,28). The van der Waals surface area contributed by atoms with Crippen LogP contribution in [0.5, 0.6) is 0 Å². The van der Waals surface area contributed by atoms with E-state index < -0.39 is 0 Å². The van der Waals surface area contributed by atoms with Crippen molar-refractivity contribution in [3.63, 3.8) is 0 Å². The molecule has 3 aromatic rings. The average Bonchev–Trinajstić information content (AvgIpc) is 2.69. The van der Waals surface area contributed by atoms with Crippen LogP contribution < -0.4 is 10.2 Å². The van der Waals surface area contributed by atoms with Gasteiger partial charge in [0.15, 0.2) is 5.82 Å². The van der Waals surface area contributed by atoms with E-state index in [1.165, 1.54) is 0 Å². The Kier molecular flexibility index (Phi) is 5.93. The monoisotopic (exact) mass is 376 g/mol. The largest absolute Gasteiger partial charge is 0.362 e. The van der Waals surface area contributed by atoms with Gasteiger partial charge in [0.1, 0.15) is 5.82 Å². The minimum Gasteiger partial charge on any atom is -0.362 e. The van der Waals surface area contributed by atoms with Gasteiger partial charge in [-0.3, -0.25) is 14.8 Å². The molecule has 1 unspecified atom stereocenters. The molecular formula is C21H24N6O. The number of aryl methyl sites for hydroxylation is 1. The van der Waals surface area contributed by atoms with Crippen molar-refractivity contribution in [2.75, 3.05) is 19.0 Å². The Labute approximate surface area is 164 Å². The maximum absolute atomic E-state index is 12.5. The molecule has 1 amide bonds. The lowest BCUT2D eigenvalue weighted by Crippen LogP contribution is -2.34. The number of anilines is 1. The molecule has 1 aromatic carbocycles. The number of nitrogens with zero attached hydrogens (tertiary/aromatic N) is 5. The Morgan fingerprint density at radius 1 is 1.11 bits per heavy atom. The fraction of sp³-hybridized carbons (Fsp3) is 0.286. The first-order valence-electron chi connectivity index (χ1n) is 9.11. The normalized spacial score (nSPS) is 11.7. The van der Waals surface area contributed by atoms with Crippen LogP contribution in [0.4, 0.5) is 5.82 Å². The number of carbonyl (C=O) groups is 1. The smallest absolute Gasteiger partial charge is 0.251 e. The first-order chi connectivity index (χ1) is 13.4. The zero-order valence-electron chi connectivity index (χ0n) is 16.5. The summed E-state index contributed by atoms with van der Waals surface area (Å²) in [4.78, 5) is 31.8. The summed E-state index contributed by atoms with van der Waals surface area (Å²) in [6.45, 7) is 3.93. The van der Waals surface area contributed by atoms with Gasteiger partial charge in [0, 0.05) is 68.0 Å². The van der Waals surface area contributed by atoms with Crippen molar-refractivity contribution in [2.45, 2.75) is 26.3 Å². The van der Waals surface area contributed by atoms with Crippen molar-refractivity contribution in [2.24, 2.45) is 0 Å². The molecule has 0 saturated carbocycles. The lowest BCUT2D eigenvalue weighted by molar-refractivity contribution is 0.0940. The molecule has 28 heavy (non-hydrogen) atoms. The van der Waals surface area contributed by atoms with Gasteiger partial charge in [-0.2, -0.15) is 0 Å². The van der Waals surface area contributed by atoms with E-state index in [4.69, 9.17) is 0 Å². The van der Waals surface area contributed by atoms with E-state index in [0.717, 1.165) is 22.6 Å². The highest BCUT2D eigenvalue weighted by atomic mass is 16.1. The van der Waals surface area contributed by atoms with Gasteiger partial charge < -0.3 is 10.2 Å². The fourth-order valence-electron chi connectivity index (χ4n) is 2.90. The molecule has 0 saturated heterocycles. The van der Waals surface area contributed by atoms with E-state index in [-0.39, 0.29) is 11.9 Å². The molecule has 0 aliphatic heterocycles. The number of hydrogen-bond acceptors (Lipinski definition) is 6. The Hall–Kier alpha value is -3.35. The second-order valence-corrected chi connectivity index (χ2v) is 6.95. The molecule has 3 rings (SSSR count). The van der Waals surface area contributed by atoms with Crippen LogP contribution in [-0.2, 0) is 6.42 Å². The molecule has 7 heteroatoms. The predicted octanol–water partition coefficient (Wildman–Crippen LogP) is 2.67. The molecule has 144 valence electrons. The lowest BCUT2D eigenvalue weighted by Gasteiger charge is -2.15. The minimum atomic E-state index is -0.123. The summed E-state index contributed by atoms with van der Waals surface area (Å²) in [5.74, 6) is 1.39. The maximum atomic E-state index is 12.5. The number of nitrogens with one attached hydrogen (secondary N) is 1. The second-order valence-electron chi connectivity index (χ2n) is 6.95. The minimum absolute atomic E-state index is 0.0491. The van der Waals surface area contributed by atoms with Crippen molar-refractivity contribution in [1.29, 1.82) is 0 Å². The molecule has 0 spiro atoms. The molecular weight excluding hydrogens is 352 g/mol. The van der Waals surface area contributed by atoms with Gasteiger partial charge in [-0.1, -0.05) is 12.1 Å². The van der Waals surface area contributed by atoms with Crippen molar-refractivity contribution in [3.8, 4) is 11.4 Å². The van der Waals surface area contributed by atoms with E-state index >= 15 is 0 Å². The highest BCUT2D eigenvalue weighted by molar-refractivity contribution is 5.94. The first-order valence-corrected chi connectivity index (χ1v) is 9.11. The van der Waals surface area contributed by atoms with Crippen LogP contribution in [0.15, 0.2) is 49.1 Å². The Morgan fingerprint density at radius 3 is 2.50 bits per heavy atom. The van der Waals surface area contributed by atoms with Crippen molar-refractivity contribution in [1.82, 2.24) is 25.3 Å². The summed E-state index contributed by atoms with van der Waals surface area (Å²) in [5, 5.41) is 2.99. The maximum Gasteiger partial charge on any atom is 0.251 e. The molecule has 0 aliphatic carbocycles. The quantitative estimate of drug-likeness (QED) is 0.712. The number of rotatable bonds is 6. The molecule has 1 N–H and O–H groups in total. The summed E-state index contributed by atoms with van der Waals surface area (Å²) >= 11 is 0. The van der Waals surface area contributed by atoms with Crippen molar-refractivity contribution >= 4 is 11.7 Å². The molecule has 2 aromatic heterocycles. The van der Waals surface area contributed by atoms with Gasteiger partial charge in [-0.15, -0.1) is 0 Å². The predicted molar refractivity (Wildman–Crippen MR) is 109 cm³/mol. The summed E-state index contributed by atoms with van der Waals surface area (Å²) in [7, 11) is 3.91. The number of hydrogen-bond donors (Lipinski definition) is 1. The van der Waals surface area contributed by atoms with E-state index in [2.05, 4.69) is 25.3 Å². The topological polar surface area (TPSA) is 83.9 Å². The van der Waals surface area contributed by atoms with Crippen LogP contribution in [0.1, 0.15) is 28.5 Å². The second kappa shape index (κ2) is 8.56. The molecule has 0 fully saturated rings. The van der Waals surface area contributed by atoms with Crippen LogP contribution in [0.3, 0.4) is 0 Å². The fourth-order valence-corrected chi connectivity index (χ4v) is 2.90. The third-order valence-corrected chi connectivity index (χ3v) is 4.28. The van der Waals surface area contributed by atoms with Crippen LogP contribution in [-0.4, -0.2) is 46.0 Å². The van der Waals surface area contributed by atoms with Crippen LogP contribution in [0.25, 0.3) is 11.4 Å². The average molecular weight is 376 g/mol. The van der Waals surface area contributed by atoms with Gasteiger partial charge in [0.25, 0.3) is 5.91 Å². The highest BCUT2D eigenvalue weighted by Gasteiger charge is 2.12. The van der Waals surface area contributed by atoms with E-state index in [0.29, 0.717) is 17.8 Å². The van der Waals surface area contributed by atoms with Crippen molar-refractivity contribution < 1.29 is 4.79 Å². The SMILES string of the molecule is Cc1cnc(-c2ccc(C(=O)NC(C)Cc3cnccn3)cc2)nc1N(C)C. The van der Waals surface area contributed by atoms with Crippen LogP contribution >= 0.6 is 0 Å². The zero-order valence-corrected chi connectivity index (χ0v) is 16.5. The lowest BCUT2D eigenvalue weighted by atomic mass is 10.1. The number of aromatic nitrogens is 4. The van der Waals surface area contributed by atoms with Gasteiger partial charge in [-0.05, 0) is 26.0 Å². The zero-order chi connectivity index (χ0) is 20.1. The first kappa shape index (κ1) is 19.4. The number of benzene rings is 1. The Balaban J connectivity index is 1.68. The third kappa shape index (κ3) is 4.68. The third-order valence-electron chi connectivity index (χ3n) is 4.28. The molecule has 0 radical (unpaired) electrons. The molecule has 0 bridgehead atoms. The van der Waals surface area contributed by atoms with Crippen LogP contribution in [0.2, 0.25) is 0 Å². The Morgan fingerprint density at radius 2 is 1.86 bits per heavy atom. The summed E-state index contributed by atoms with van der Waals surface area (Å²) in [6, 6.07) is 7.27. The van der Waals surface area contributed by atoms with E-state index in [1.807, 2.05) is 51.2 Å². The highest BCUT2D eigenvalue weighted by Crippen LogP contribution is 2.21. The van der Waals surface area contributed by atoms with Gasteiger partial charge in [0.2, 0.25) is 0 Å². The number of amides is 1.